The van der Waals surface area contributed by atoms with Crippen LogP contribution in [0.2, 0.25) is 0 Å². The molecule has 0 unspecified atom stereocenters. The molecule has 2 N–H and O–H groups in total. The van der Waals surface area contributed by atoms with E-state index in [2.05, 4.69) is 15.6 Å². The Bertz CT molecular complexity index is 931. The number of hydrogen-bond acceptors (Lipinski definition) is 5. The van der Waals surface area contributed by atoms with Gasteiger partial charge in [0.2, 0.25) is 5.91 Å². The molecule has 0 bridgehead atoms. The van der Waals surface area contributed by atoms with Crippen LogP contribution >= 0.6 is 11.3 Å². The second-order valence-corrected chi connectivity index (χ2v) is 7.14. The molecule has 0 spiro atoms. The fraction of sp³-hybridized carbons (Fsp3) is 0.211. The first-order valence-corrected chi connectivity index (χ1v) is 8.79. The predicted molar refractivity (Wildman–Crippen MR) is 103 cm³/mol. The maximum absolute atomic E-state index is 12.4. The molecule has 1 heterocycles. The molecular weight excluding hydrogens is 334 g/mol. The van der Waals surface area contributed by atoms with Crippen LogP contribution in [0.5, 0.6) is 0 Å². The van der Waals surface area contributed by atoms with E-state index in [1.165, 1.54) is 6.92 Å². The van der Waals surface area contributed by atoms with Crippen LogP contribution in [0.15, 0.2) is 42.5 Å². The number of aromatic nitrogens is 1. The fourth-order valence-corrected chi connectivity index (χ4v) is 3.35. The van der Waals surface area contributed by atoms with Crippen LogP contribution in [0.4, 0.5) is 11.4 Å². The van der Waals surface area contributed by atoms with Crippen LogP contribution in [0.3, 0.4) is 0 Å². The Balaban J connectivity index is 1.65. The molecule has 0 saturated heterocycles. The van der Waals surface area contributed by atoms with Crippen molar-refractivity contribution in [3.05, 3.63) is 53.0 Å². The summed E-state index contributed by atoms with van der Waals surface area (Å²) in [6, 6.07) is 12.3. The molecule has 3 aromatic rings. The zero-order chi connectivity index (χ0) is 18.0. The Morgan fingerprint density at radius 1 is 1.08 bits per heavy atom. The van der Waals surface area contributed by atoms with Crippen molar-refractivity contribution in [2.24, 2.45) is 0 Å². The number of nitrogens with one attached hydrogen (secondary N) is 2. The number of thiazole rings is 1. The van der Waals surface area contributed by atoms with Gasteiger partial charge in [-0.25, -0.2) is 4.98 Å². The highest BCUT2D eigenvalue weighted by Gasteiger charge is 2.13. The number of ketones is 1. The number of carbonyl (C=O) groups excluding carboxylic acids is 2. The summed E-state index contributed by atoms with van der Waals surface area (Å²) >= 11 is 1.63. The summed E-state index contributed by atoms with van der Waals surface area (Å²) in [7, 11) is 0. The second-order valence-electron chi connectivity index (χ2n) is 5.90. The molecule has 0 fully saturated rings. The van der Waals surface area contributed by atoms with Gasteiger partial charge in [0.25, 0.3) is 0 Å². The quantitative estimate of drug-likeness (QED) is 0.673. The minimum atomic E-state index is -0.404. The van der Waals surface area contributed by atoms with E-state index in [1.54, 1.807) is 42.5 Å². The van der Waals surface area contributed by atoms with E-state index in [1.807, 2.05) is 25.1 Å². The van der Waals surface area contributed by atoms with E-state index in [-0.39, 0.29) is 11.7 Å². The highest BCUT2D eigenvalue weighted by atomic mass is 32.1. The van der Waals surface area contributed by atoms with E-state index in [0.29, 0.717) is 11.3 Å². The minimum Gasteiger partial charge on any atom is -0.374 e. The monoisotopic (exact) mass is 353 g/mol. The molecule has 0 aliphatic heterocycles. The number of carbonyl (C=O) groups is 2. The molecule has 0 radical (unpaired) electrons. The van der Waals surface area contributed by atoms with Crippen molar-refractivity contribution in [3.8, 4) is 0 Å². The Kier molecular flexibility index (Phi) is 4.81. The summed E-state index contributed by atoms with van der Waals surface area (Å²) in [4.78, 5) is 28.1. The molecule has 2 aromatic carbocycles. The summed E-state index contributed by atoms with van der Waals surface area (Å²) in [5.41, 5.74) is 3.14. The number of fused-ring (bicyclic) bond motifs is 1. The van der Waals surface area contributed by atoms with Crippen molar-refractivity contribution < 1.29 is 9.59 Å². The molecule has 1 atom stereocenters. The van der Waals surface area contributed by atoms with Crippen molar-refractivity contribution in [3.63, 3.8) is 0 Å². The van der Waals surface area contributed by atoms with Crippen LogP contribution < -0.4 is 10.6 Å². The lowest BCUT2D eigenvalue weighted by Gasteiger charge is -2.15. The van der Waals surface area contributed by atoms with Gasteiger partial charge in [-0.2, -0.15) is 0 Å². The third kappa shape index (κ3) is 4.03. The fourth-order valence-electron chi connectivity index (χ4n) is 2.48. The van der Waals surface area contributed by atoms with Crippen LogP contribution in [0, 0.1) is 6.92 Å². The van der Waals surface area contributed by atoms with Gasteiger partial charge in [-0.05, 0) is 63.2 Å². The Morgan fingerprint density at radius 3 is 2.44 bits per heavy atom. The first-order valence-electron chi connectivity index (χ1n) is 7.98. The average molecular weight is 353 g/mol. The Morgan fingerprint density at radius 2 is 1.76 bits per heavy atom. The standard InChI is InChI=1S/C19H19N3O2S/c1-11(19(24)22-15-6-4-14(5-7-15)12(2)23)20-16-8-9-17-18(10-16)25-13(3)21-17/h4-11,20H,1-3H3,(H,22,24)/t11-/m0/s1. The maximum atomic E-state index is 12.4. The second kappa shape index (κ2) is 7.03. The van der Waals surface area contributed by atoms with Gasteiger partial charge < -0.3 is 10.6 Å². The Hall–Kier alpha value is -2.73. The van der Waals surface area contributed by atoms with Gasteiger partial charge in [-0.1, -0.05) is 0 Å². The van der Waals surface area contributed by atoms with Crippen LogP contribution in [-0.2, 0) is 4.79 Å². The average Bonchev–Trinajstić information content (AvgIpc) is 2.94. The predicted octanol–water partition coefficient (Wildman–Crippen LogP) is 4.25. The van der Waals surface area contributed by atoms with Gasteiger partial charge in [0.1, 0.15) is 6.04 Å². The zero-order valence-electron chi connectivity index (χ0n) is 14.3. The smallest absolute Gasteiger partial charge is 0.246 e. The SMILES string of the molecule is CC(=O)c1ccc(NC(=O)[C@H](C)Nc2ccc3nc(C)sc3c2)cc1. The van der Waals surface area contributed by atoms with E-state index >= 15 is 0 Å². The molecule has 0 saturated carbocycles. The molecule has 0 aliphatic carbocycles. The molecule has 5 nitrogen and oxygen atoms in total. The molecule has 1 amide bonds. The largest absolute Gasteiger partial charge is 0.374 e. The van der Waals surface area contributed by atoms with Gasteiger partial charge in [-0.3, -0.25) is 9.59 Å². The van der Waals surface area contributed by atoms with Crippen molar-refractivity contribution in [2.45, 2.75) is 26.8 Å². The number of anilines is 2. The van der Waals surface area contributed by atoms with Crippen molar-refractivity contribution >= 4 is 44.6 Å². The maximum Gasteiger partial charge on any atom is 0.246 e. The van der Waals surface area contributed by atoms with E-state index < -0.39 is 6.04 Å². The number of amides is 1. The third-order valence-corrected chi connectivity index (χ3v) is 4.76. The molecule has 0 aliphatic rings. The number of Topliss-reactive ketones (excluding diaryl/α,β-unsaturated/α-hetero) is 1. The van der Waals surface area contributed by atoms with E-state index in [4.69, 9.17) is 0 Å². The number of rotatable bonds is 5. The van der Waals surface area contributed by atoms with Crippen molar-refractivity contribution in [1.29, 1.82) is 0 Å². The minimum absolute atomic E-state index is 0.00149. The highest BCUT2D eigenvalue weighted by molar-refractivity contribution is 7.18. The van der Waals surface area contributed by atoms with Crippen molar-refractivity contribution in [2.75, 3.05) is 10.6 Å². The molecular formula is C19H19N3O2S. The normalized spacial score (nSPS) is 12.0. The number of benzene rings is 2. The highest BCUT2D eigenvalue weighted by Crippen LogP contribution is 2.25. The molecule has 1 aromatic heterocycles. The summed E-state index contributed by atoms with van der Waals surface area (Å²) in [6.07, 6.45) is 0. The lowest BCUT2D eigenvalue weighted by atomic mass is 10.1. The van der Waals surface area contributed by atoms with Gasteiger partial charge in [0.05, 0.1) is 15.2 Å². The van der Waals surface area contributed by atoms with Gasteiger partial charge in [0, 0.05) is 16.9 Å². The number of aryl methyl sites for hydroxylation is 1. The number of hydrogen-bond donors (Lipinski definition) is 2. The first kappa shape index (κ1) is 17.1. The van der Waals surface area contributed by atoms with Crippen molar-refractivity contribution in [1.82, 2.24) is 4.98 Å². The topological polar surface area (TPSA) is 71.1 Å². The first-order chi connectivity index (χ1) is 11.9. The third-order valence-electron chi connectivity index (χ3n) is 3.83. The molecule has 6 heteroatoms. The Labute approximate surface area is 150 Å². The van der Waals surface area contributed by atoms with Gasteiger partial charge in [-0.15, -0.1) is 11.3 Å². The summed E-state index contributed by atoms with van der Waals surface area (Å²) in [5.74, 6) is -0.141. The lowest BCUT2D eigenvalue weighted by molar-refractivity contribution is -0.116. The number of nitrogens with zero attached hydrogens (tertiary/aromatic N) is 1. The van der Waals surface area contributed by atoms with Crippen LogP contribution in [-0.4, -0.2) is 22.7 Å². The van der Waals surface area contributed by atoms with Gasteiger partial charge in [0.15, 0.2) is 5.78 Å². The molecule has 25 heavy (non-hydrogen) atoms. The van der Waals surface area contributed by atoms with E-state index in [0.717, 1.165) is 20.9 Å². The summed E-state index contributed by atoms with van der Waals surface area (Å²) in [6.45, 7) is 5.30. The summed E-state index contributed by atoms with van der Waals surface area (Å²) < 4.78 is 1.09. The van der Waals surface area contributed by atoms with Gasteiger partial charge >= 0.3 is 0 Å². The molecule has 128 valence electrons. The lowest BCUT2D eigenvalue weighted by Crippen LogP contribution is -2.31. The summed E-state index contributed by atoms with van der Waals surface area (Å²) in [5, 5.41) is 7.07. The zero-order valence-corrected chi connectivity index (χ0v) is 15.1. The van der Waals surface area contributed by atoms with E-state index in [9.17, 15) is 9.59 Å². The van der Waals surface area contributed by atoms with Crippen LogP contribution in [0.1, 0.15) is 29.2 Å². The van der Waals surface area contributed by atoms with Crippen LogP contribution in [0.25, 0.3) is 10.2 Å². The molecule has 3 rings (SSSR count).